The van der Waals surface area contributed by atoms with Gasteiger partial charge in [-0.15, -0.1) is 11.3 Å². The predicted octanol–water partition coefficient (Wildman–Crippen LogP) is 2.69. The molecule has 0 aliphatic heterocycles. The quantitative estimate of drug-likeness (QED) is 0.835. The van der Waals surface area contributed by atoms with E-state index in [-0.39, 0.29) is 16.3 Å². The Morgan fingerprint density at radius 3 is 2.61 bits per heavy atom. The zero-order valence-corrected chi connectivity index (χ0v) is 12.7. The van der Waals surface area contributed by atoms with Crippen molar-refractivity contribution in [1.82, 2.24) is 4.98 Å². The van der Waals surface area contributed by atoms with Crippen LogP contribution in [0.15, 0.2) is 5.38 Å². The van der Waals surface area contributed by atoms with Gasteiger partial charge in [-0.3, -0.25) is 4.79 Å². The van der Waals surface area contributed by atoms with Crippen LogP contribution in [0, 0.1) is 5.92 Å². The van der Waals surface area contributed by atoms with Crippen LogP contribution in [0.3, 0.4) is 0 Å². The van der Waals surface area contributed by atoms with Crippen molar-refractivity contribution in [2.24, 2.45) is 11.7 Å². The van der Waals surface area contributed by atoms with Gasteiger partial charge in [0, 0.05) is 10.8 Å². The first-order valence-electron chi connectivity index (χ1n) is 5.82. The highest BCUT2D eigenvalue weighted by Gasteiger charge is 2.22. The van der Waals surface area contributed by atoms with E-state index in [4.69, 9.17) is 18.0 Å². The number of nitrogens with two attached hydrogens (primary N) is 1. The molecule has 3 N–H and O–H groups in total. The number of aromatic nitrogens is 1. The van der Waals surface area contributed by atoms with Gasteiger partial charge in [-0.25, -0.2) is 4.98 Å². The molecule has 1 aromatic heterocycles. The van der Waals surface area contributed by atoms with E-state index in [1.165, 1.54) is 11.3 Å². The van der Waals surface area contributed by atoms with Gasteiger partial charge in [0.25, 0.3) is 0 Å². The summed E-state index contributed by atoms with van der Waals surface area (Å²) in [5.41, 5.74) is 6.47. The Morgan fingerprint density at radius 2 is 2.22 bits per heavy atom. The largest absolute Gasteiger partial charge is 0.393 e. The lowest BCUT2D eigenvalue weighted by atomic mass is 9.93. The molecule has 1 unspecified atom stereocenters. The fourth-order valence-electron chi connectivity index (χ4n) is 1.38. The maximum atomic E-state index is 11.9. The van der Waals surface area contributed by atoms with Crippen LogP contribution in [0.2, 0.25) is 0 Å². The van der Waals surface area contributed by atoms with Crippen LogP contribution >= 0.6 is 23.6 Å². The molecule has 0 fully saturated rings. The topological polar surface area (TPSA) is 68.0 Å². The highest BCUT2D eigenvalue weighted by atomic mass is 32.1. The van der Waals surface area contributed by atoms with Crippen molar-refractivity contribution in [3.8, 4) is 0 Å². The second-order valence-corrected chi connectivity index (χ2v) is 6.47. The van der Waals surface area contributed by atoms with Crippen LogP contribution in [-0.4, -0.2) is 15.9 Å². The molecule has 1 rings (SSSR count). The zero-order chi connectivity index (χ0) is 13.9. The van der Waals surface area contributed by atoms with Crippen LogP contribution in [0.25, 0.3) is 0 Å². The Labute approximate surface area is 117 Å². The number of nitrogens with zero attached hydrogens (tertiary/aromatic N) is 1. The minimum atomic E-state index is -0.429. The molecule has 1 atom stereocenters. The standard InChI is InChI=1S/C12H19N3OS2/c1-5-7(9(13)17)10(16)15-11-14-8(6-18-11)12(2,3)4/h6-7H,5H2,1-4H3,(H2,13,17)(H,14,15,16). The summed E-state index contributed by atoms with van der Waals surface area (Å²) in [5.74, 6) is -0.609. The molecule has 0 aliphatic carbocycles. The molecule has 100 valence electrons. The predicted molar refractivity (Wildman–Crippen MR) is 80.0 cm³/mol. The first-order valence-corrected chi connectivity index (χ1v) is 7.10. The third kappa shape index (κ3) is 3.74. The van der Waals surface area contributed by atoms with Gasteiger partial charge < -0.3 is 11.1 Å². The third-order valence-electron chi connectivity index (χ3n) is 2.57. The third-order valence-corrected chi connectivity index (χ3v) is 3.61. The molecule has 0 saturated carbocycles. The molecule has 0 aromatic carbocycles. The fourth-order valence-corrected chi connectivity index (χ4v) is 2.60. The molecule has 1 aromatic rings. The molecule has 18 heavy (non-hydrogen) atoms. The molecule has 1 amide bonds. The van der Waals surface area contributed by atoms with E-state index in [0.29, 0.717) is 11.6 Å². The Bertz CT molecular complexity index is 448. The molecule has 0 radical (unpaired) electrons. The molecule has 6 heteroatoms. The van der Waals surface area contributed by atoms with Crippen molar-refractivity contribution in [3.63, 3.8) is 0 Å². The monoisotopic (exact) mass is 285 g/mol. The number of thiazole rings is 1. The summed E-state index contributed by atoms with van der Waals surface area (Å²) in [6.45, 7) is 8.12. The number of hydrogen-bond donors (Lipinski definition) is 2. The molecule has 0 saturated heterocycles. The van der Waals surface area contributed by atoms with Gasteiger partial charge in [-0.05, 0) is 6.42 Å². The summed E-state index contributed by atoms with van der Waals surface area (Å²) in [6.07, 6.45) is 0.596. The lowest BCUT2D eigenvalue weighted by molar-refractivity contribution is -0.118. The van der Waals surface area contributed by atoms with Crippen LogP contribution in [0.4, 0.5) is 5.13 Å². The van der Waals surface area contributed by atoms with Crippen LogP contribution in [0.5, 0.6) is 0 Å². The van der Waals surface area contributed by atoms with E-state index < -0.39 is 5.92 Å². The summed E-state index contributed by atoms with van der Waals surface area (Å²) in [6, 6.07) is 0. The molecule has 0 spiro atoms. The van der Waals surface area contributed by atoms with Gasteiger partial charge >= 0.3 is 0 Å². The number of nitrogens with one attached hydrogen (secondary N) is 1. The average Bonchev–Trinajstić information content (AvgIpc) is 2.65. The lowest BCUT2D eigenvalue weighted by Crippen LogP contribution is -2.32. The average molecular weight is 285 g/mol. The van der Waals surface area contributed by atoms with E-state index in [2.05, 4.69) is 31.1 Å². The summed E-state index contributed by atoms with van der Waals surface area (Å²) < 4.78 is 0. The van der Waals surface area contributed by atoms with E-state index in [1.807, 2.05) is 12.3 Å². The summed E-state index contributed by atoms with van der Waals surface area (Å²) in [7, 11) is 0. The summed E-state index contributed by atoms with van der Waals surface area (Å²) in [5, 5.41) is 5.32. The minimum absolute atomic E-state index is 0.0210. The van der Waals surface area contributed by atoms with Gasteiger partial charge in [-0.1, -0.05) is 39.9 Å². The Morgan fingerprint density at radius 1 is 1.61 bits per heavy atom. The number of thiocarbonyl (C=S) groups is 1. The first-order chi connectivity index (χ1) is 8.25. The van der Waals surface area contributed by atoms with E-state index in [1.54, 1.807) is 0 Å². The van der Waals surface area contributed by atoms with E-state index in [0.717, 1.165) is 5.69 Å². The molecule has 1 heterocycles. The van der Waals surface area contributed by atoms with Crippen LogP contribution in [0.1, 0.15) is 39.8 Å². The van der Waals surface area contributed by atoms with E-state index >= 15 is 0 Å². The van der Waals surface area contributed by atoms with Gasteiger partial charge in [0.1, 0.15) is 0 Å². The number of amides is 1. The molecular weight excluding hydrogens is 266 g/mol. The number of rotatable bonds is 4. The van der Waals surface area contributed by atoms with Gasteiger partial charge in [0.05, 0.1) is 16.6 Å². The normalized spacial score (nSPS) is 13.1. The zero-order valence-electron chi connectivity index (χ0n) is 11.1. The van der Waals surface area contributed by atoms with Crippen molar-refractivity contribution < 1.29 is 4.79 Å². The molecular formula is C12H19N3OS2. The number of anilines is 1. The SMILES string of the molecule is CCC(C(=O)Nc1nc(C(C)(C)C)cs1)C(N)=S. The number of carbonyl (C=O) groups is 1. The highest BCUT2D eigenvalue weighted by Crippen LogP contribution is 2.26. The second kappa shape index (κ2) is 5.75. The van der Waals surface area contributed by atoms with Gasteiger partial charge in [0.2, 0.25) is 5.91 Å². The second-order valence-electron chi connectivity index (χ2n) is 5.14. The van der Waals surface area contributed by atoms with Crippen LogP contribution in [-0.2, 0) is 10.2 Å². The maximum Gasteiger partial charge on any atom is 0.236 e. The van der Waals surface area contributed by atoms with Crippen molar-refractivity contribution in [3.05, 3.63) is 11.1 Å². The lowest BCUT2D eigenvalue weighted by Gasteiger charge is -2.14. The van der Waals surface area contributed by atoms with Crippen molar-refractivity contribution >= 4 is 39.6 Å². The smallest absolute Gasteiger partial charge is 0.236 e. The number of hydrogen-bond acceptors (Lipinski definition) is 4. The van der Waals surface area contributed by atoms with Crippen molar-refractivity contribution in [2.75, 3.05) is 5.32 Å². The van der Waals surface area contributed by atoms with Crippen molar-refractivity contribution in [2.45, 2.75) is 39.5 Å². The molecule has 0 bridgehead atoms. The van der Waals surface area contributed by atoms with Crippen molar-refractivity contribution in [1.29, 1.82) is 0 Å². The summed E-state index contributed by atoms with van der Waals surface area (Å²) in [4.78, 5) is 16.6. The Hall–Kier alpha value is -1.01. The summed E-state index contributed by atoms with van der Waals surface area (Å²) >= 11 is 6.29. The van der Waals surface area contributed by atoms with Gasteiger partial charge in [0.15, 0.2) is 5.13 Å². The first kappa shape index (κ1) is 15.0. The minimum Gasteiger partial charge on any atom is -0.393 e. The Balaban J connectivity index is 2.77. The Kier molecular flexibility index (Phi) is 4.81. The van der Waals surface area contributed by atoms with Gasteiger partial charge in [-0.2, -0.15) is 0 Å². The maximum absolute atomic E-state index is 11.9. The highest BCUT2D eigenvalue weighted by molar-refractivity contribution is 7.80. The number of carbonyl (C=O) groups excluding carboxylic acids is 1. The van der Waals surface area contributed by atoms with E-state index in [9.17, 15) is 4.79 Å². The molecule has 0 aliphatic rings. The van der Waals surface area contributed by atoms with Crippen LogP contribution < -0.4 is 11.1 Å². The molecule has 4 nitrogen and oxygen atoms in total. The fraction of sp³-hybridized carbons (Fsp3) is 0.583.